The first-order chi connectivity index (χ1) is 14.5. The quantitative estimate of drug-likeness (QED) is 0.327. The molecule has 5 rings (SSSR count). The third-order valence-corrected chi connectivity index (χ3v) is 5.56. The molecule has 5 aromatic rings. The van der Waals surface area contributed by atoms with E-state index in [0.29, 0.717) is 5.58 Å². The molecule has 0 aliphatic carbocycles. The van der Waals surface area contributed by atoms with E-state index in [9.17, 15) is 4.79 Å². The lowest BCUT2D eigenvalue weighted by molar-refractivity contribution is 0.415. The van der Waals surface area contributed by atoms with Crippen LogP contribution >= 0.6 is 0 Å². The topological polar surface area (TPSA) is 52.6 Å². The van der Waals surface area contributed by atoms with E-state index in [-0.39, 0.29) is 5.63 Å². The fraction of sp³-hybridized carbons (Fsp3) is 0.115. The van der Waals surface area contributed by atoms with Gasteiger partial charge in [-0.1, -0.05) is 42.0 Å². The van der Waals surface area contributed by atoms with Crippen molar-refractivity contribution in [2.45, 2.75) is 13.8 Å². The molecule has 0 aliphatic heterocycles. The van der Waals surface area contributed by atoms with E-state index in [0.717, 1.165) is 49.9 Å². The molecule has 0 amide bonds. The van der Waals surface area contributed by atoms with Crippen molar-refractivity contribution in [1.29, 1.82) is 0 Å². The molecule has 4 nitrogen and oxygen atoms in total. The highest BCUT2D eigenvalue weighted by Gasteiger charge is 2.18. The molecule has 0 atom stereocenters. The average Bonchev–Trinajstić information content (AvgIpc) is 3.19. The van der Waals surface area contributed by atoms with Crippen molar-refractivity contribution >= 4 is 21.9 Å². The molecule has 0 spiro atoms. The number of hydrogen-bond acceptors (Lipinski definition) is 4. The first-order valence-corrected chi connectivity index (χ1v) is 9.75. The number of methoxy groups -OCH3 is 1. The third kappa shape index (κ3) is 2.89. The van der Waals surface area contributed by atoms with Gasteiger partial charge < -0.3 is 13.6 Å². The first kappa shape index (κ1) is 18.3. The highest BCUT2D eigenvalue weighted by Crippen LogP contribution is 2.39. The van der Waals surface area contributed by atoms with E-state index in [1.807, 2.05) is 31.2 Å². The molecule has 0 aliphatic rings. The zero-order valence-corrected chi connectivity index (χ0v) is 17.0. The number of hydrogen-bond donors (Lipinski definition) is 0. The number of fused-ring (bicyclic) bond motifs is 2. The van der Waals surface area contributed by atoms with Crippen molar-refractivity contribution in [3.63, 3.8) is 0 Å². The second-order valence-corrected chi connectivity index (χ2v) is 7.48. The summed E-state index contributed by atoms with van der Waals surface area (Å²) in [5.74, 6) is 0.765. The van der Waals surface area contributed by atoms with Gasteiger partial charge in [-0.25, -0.2) is 4.79 Å². The van der Waals surface area contributed by atoms with E-state index >= 15 is 0 Å². The number of furan rings is 1. The van der Waals surface area contributed by atoms with Gasteiger partial charge in [0.2, 0.25) is 0 Å². The molecular weight excluding hydrogens is 376 g/mol. The van der Waals surface area contributed by atoms with Gasteiger partial charge in [0, 0.05) is 28.0 Å². The summed E-state index contributed by atoms with van der Waals surface area (Å²) >= 11 is 0. The van der Waals surface area contributed by atoms with E-state index in [1.165, 1.54) is 5.56 Å². The van der Waals surface area contributed by atoms with Gasteiger partial charge in [-0.3, -0.25) is 0 Å². The Bertz CT molecular complexity index is 1440. The number of rotatable bonds is 3. The van der Waals surface area contributed by atoms with E-state index in [1.54, 1.807) is 19.4 Å². The van der Waals surface area contributed by atoms with Crippen LogP contribution in [0.15, 0.2) is 80.6 Å². The van der Waals surface area contributed by atoms with Gasteiger partial charge in [0.1, 0.15) is 16.9 Å². The number of ether oxygens (including phenoxy) is 1. The summed E-state index contributed by atoms with van der Waals surface area (Å²) in [6.45, 7) is 3.99. The van der Waals surface area contributed by atoms with Crippen LogP contribution in [0.2, 0.25) is 0 Å². The third-order valence-electron chi connectivity index (χ3n) is 5.56. The Morgan fingerprint density at radius 2 is 1.40 bits per heavy atom. The summed E-state index contributed by atoms with van der Waals surface area (Å²) in [4.78, 5) is 12.3. The van der Waals surface area contributed by atoms with Crippen LogP contribution < -0.4 is 10.4 Å². The zero-order valence-electron chi connectivity index (χ0n) is 17.0. The number of aryl methyl sites for hydroxylation is 2. The molecule has 2 heterocycles. The maximum absolute atomic E-state index is 12.3. The lowest BCUT2D eigenvalue weighted by atomic mass is 9.96. The van der Waals surface area contributed by atoms with Gasteiger partial charge in [-0.15, -0.1) is 0 Å². The molecule has 0 saturated carbocycles. The highest BCUT2D eigenvalue weighted by atomic mass is 16.5. The number of benzene rings is 3. The maximum Gasteiger partial charge on any atom is 0.336 e. The minimum atomic E-state index is -0.388. The fourth-order valence-electron chi connectivity index (χ4n) is 3.94. The van der Waals surface area contributed by atoms with Crippen molar-refractivity contribution in [3.05, 3.63) is 88.5 Å². The van der Waals surface area contributed by atoms with Crippen LogP contribution in [-0.4, -0.2) is 7.11 Å². The van der Waals surface area contributed by atoms with Gasteiger partial charge in [0.25, 0.3) is 0 Å². The molecule has 3 aromatic carbocycles. The molecule has 0 unspecified atom stereocenters. The van der Waals surface area contributed by atoms with Gasteiger partial charge in [-0.05, 0) is 48.7 Å². The lowest BCUT2D eigenvalue weighted by Crippen LogP contribution is -1.99. The fourth-order valence-corrected chi connectivity index (χ4v) is 3.94. The second kappa shape index (κ2) is 6.92. The van der Waals surface area contributed by atoms with Crippen LogP contribution in [0.3, 0.4) is 0 Å². The Kier molecular flexibility index (Phi) is 4.21. The summed E-state index contributed by atoms with van der Waals surface area (Å²) in [5, 5.41) is 1.87. The minimum absolute atomic E-state index is 0.388. The van der Waals surface area contributed by atoms with Gasteiger partial charge in [-0.2, -0.15) is 0 Å². The Morgan fingerprint density at radius 3 is 2.10 bits per heavy atom. The molecule has 0 radical (unpaired) electrons. The molecule has 0 N–H and O–H groups in total. The Hall–Kier alpha value is -3.79. The SMILES string of the molecule is COc1ccc(-c2cc(=O)oc3c(C)c4occ(-c5ccc(C)cc5)c4cc23)cc1. The Balaban J connectivity index is 1.82. The summed E-state index contributed by atoms with van der Waals surface area (Å²) in [6, 6.07) is 19.6. The van der Waals surface area contributed by atoms with Crippen LogP contribution in [0.4, 0.5) is 0 Å². The van der Waals surface area contributed by atoms with Gasteiger partial charge in [0.15, 0.2) is 0 Å². The normalized spacial score (nSPS) is 11.3. The molecule has 148 valence electrons. The van der Waals surface area contributed by atoms with Crippen molar-refractivity contribution in [3.8, 4) is 28.0 Å². The Labute approximate surface area is 173 Å². The average molecular weight is 396 g/mol. The smallest absolute Gasteiger partial charge is 0.336 e. The molecule has 4 heteroatoms. The van der Waals surface area contributed by atoms with Crippen LogP contribution in [-0.2, 0) is 0 Å². The molecule has 2 aromatic heterocycles. The zero-order chi connectivity index (χ0) is 20.8. The standard InChI is InChI=1S/C26H20O4/c1-15-4-6-18(7-5-15)23-14-29-25-16(2)26-21(12-22(23)25)20(13-24(27)30-26)17-8-10-19(28-3)11-9-17/h4-14H,1-3H3. The van der Waals surface area contributed by atoms with Crippen molar-refractivity contribution in [1.82, 2.24) is 0 Å². The minimum Gasteiger partial charge on any atom is -0.497 e. The van der Waals surface area contributed by atoms with Crippen LogP contribution in [0.5, 0.6) is 5.75 Å². The van der Waals surface area contributed by atoms with Gasteiger partial charge >= 0.3 is 5.63 Å². The van der Waals surface area contributed by atoms with Crippen LogP contribution in [0, 0.1) is 13.8 Å². The lowest BCUT2D eigenvalue weighted by Gasteiger charge is -2.09. The Morgan fingerprint density at radius 1 is 0.767 bits per heavy atom. The monoisotopic (exact) mass is 396 g/mol. The summed E-state index contributed by atoms with van der Waals surface area (Å²) in [5.41, 5.74) is 6.76. The first-order valence-electron chi connectivity index (χ1n) is 9.75. The highest BCUT2D eigenvalue weighted by molar-refractivity contribution is 6.08. The molecule has 0 bridgehead atoms. The maximum atomic E-state index is 12.3. The van der Waals surface area contributed by atoms with E-state index in [2.05, 4.69) is 37.3 Å². The molecular formula is C26H20O4. The van der Waals surface area contributed by atoms with Crippen LogP contribution in [0.1, 0.15) is 11.1 Å². The van der Waals surface area contributed by atoms with Crippen molar-refractivity contribution in [2.24, 2.45) is 0 Å². The summed E-state index contributed by atoms with van der Waals surface area (Å²) in [7, 11) is 1.63. The van der Waals surface area contributed by atoms with E-state index < -0.39 is 0 Å². The largest absolute Gasteiger partial charge is 0.497 e. The van der Waals surface area contributed by atoms with Crippen molar-refractivity contribution < 1.29 is 13.6 Å². The molecule has 30 heavy (non-hydrogen) atoms. The van der Waals surface area contributed by atoms with Gasteiger partial charge in [0.05, 0.1) is 13.4 Å². The summed E-state index contributed by atoms with van der Waals surface area (Å²) in [6.07, 6.45) is 1.77. The van der Waals surface area contributed by atoms with E-state index in [4.69, 9.17) is 13.6 Å². The summed E-state index contributed by atoms with van der Waals surface area (Å²) < 4.78 is 16.8. The predicted molar refractivity (Wildman–Crippen MR) is 119 cm³/mol. The molecule has 0 fully saturated rings. The predicted octanol–water partition coefficient (Wildman–Crippen LogP) is 6.50. The molecule has 0 saturated heterocycles. The van der Waals surface area contributed by atoms with Crippen molar-refractivity contribution in [2.75, 3.05) is 7.11 Å². The van der Waals surface area contributed by atoms with Crippen LogP contribution in [0.25, 0.3) is 44.2 Å². The second-order valence-electron chi connectivity index (χ2n) is 7.48.